The first kappa shape index (κ1) is 23.6. The maximum atomic E-state index is 13.3. The fraction of sp³-hybridized carbons (Fsp3) is 0.214. The number of hydrogen-bond acceptors (Lipinski definition) is 5. The summed E-state index contributed by atoms with van der Waals surface area (Å²) in [6.45, 7) is 2.15. The van der Waals surface area contributed by atoms with Gasteiger partial charge in [-0.1, -0.05) is 68.1 Å². The summed E-state index contributed by atoms with van der Waals surface area (Å²) >= 11 is 5.98. The van der Waals surface area contributed by atoms with Crippen LogP contribution in [0, 0.1) is 0 Å². The van der Waals surface area contributed by atoms with Gasteiger partial charge in [0.05, 0.1) is 10.9 Å². The fourth-order valence-electron chi connectivity index (χ4n) is 3.76. The molecule has 3 aromatic carbocycles. The number of benzene rings is 3. The number of halogens is 1. The molecule has 0 unspecified atom stereocenters. The van der Waals surface area contributed by atoms with Gasteiger partial charge in [0.15, 0.2) is 0 Å². The summed E-state index contributed by atoms with van der Waals surface area (Å²) in [5.41, 5.74) is 2.10. The van der Waals surface area contributed by atoms with Crippen LogP contribution in [0.1, 0.15) is 38.2 Å². The van der Waals surface area contributed by atoms with E-state index in [2.05, 4.69) is 6.92 Å². The topological polar surface area (TPSA) is 65.7 Å². The molecule has 0 aliphatic heterocycles. The number of hydrogen-bond donors (Lipinski definition) is 0. The Morgan fingerprint density at radius 3 is 2.44 bits per heavy atom. The van der Waals surface area contributed by atoms with Crippen molar-refractivity contribution in [2.45, 2.75) is 39.0 Å². The maximum absolute atomic E-state index is 13.3. The Bertz CT molecular complexity index is 1330. The van der Waals surface area contributed by atoms with E-state index >= 15 is 0 Å². The smallest absolute Gasteiger partial charge is 0.463 e. The zero-order valence-corrected chi connectivity index (χ0v) is 19.6. The predicted molar refractivity (Wildman–Crippen MR) is 134 cm³/mol. The largest absolute Gasteiger partial charge is 0.519 e. The number of aryl methyl sites for hydroxylation is 1. The first-order valence-electron chi connectivity index (χ1n) is 11.3. The van der Waals surface area contributed by atoms with Gasteiger partial charge >= 0.3 is 6.16 Å². The van der Waals surface area contributed by atoms with Gasteiger partial charge in [-0.15, -0.1) is 0 Å². The molecular formula is C28H25ClO5. The van der Waals surface area contributed by atoms with Crippen LogP contribution in [0.4, 0.5) is 4.79 Å². The van der Waals surface area contributed by atoms with Crippen LogP contribution in [-0.4, -0.2) is 6.16 Å². The molecule has 0 bridgehead atoms. The number of unbranched alkanes of at least 4 members (excludes halogenated alkanes) is 3. The molecule has 0 spiro atoms. The number of ether oxygens (including phenoxy) is 2. The third-order valence-electron chi connectivity index (χ3n) is 5.55. The fourth-order valence-corrected chi connectivity index (χ4v) is 3.88. The Morgan fingerprint density at radius 2 is 1.71 bits per heavy atom. The van der Waals surface area contributed by atoms with Crippen molar-refractivity contribution in [2.75, 3.05) is 0 Å². The van der Waals surface area contributed by atoms with Crippen LogP contribution in [0.2, 0.25) is 5.02 Å². The Balaban J connectivity index is 1.68. The van der Waals surface area contributed by atoms with Gasteiger partial charge in [-0.05, 0) is 54.3 Å². The lowest BCUT2D eigenvalue weighted by molar-refractivity contribution is 0.151. The molecule has 5 nitrogen and oxygen atoms in total. The van der Waals surface area contributed by atoms with Gasteiger partial charge in [-0.3, -0.25) is 4.79 Å². The summed E-state index contributed by atoms with van der Waals surface area (Å²) in [6, 6.07) is 19.1. The van der Waals surface area contributed by atoms with Crippen LogP contribution in [0.25, 0.3) is 22.1 Å². The van der Waals surface area contributed by atoms with E-state index in [1.54, 1.807) is 60.7 Å². The van der Waals surface area contributed by atoms with Gasteiger partial charge < -0.3 is 13.9 Å². The molecule has 6 heteroatoms. The van der Waals surface area contributed by atoms with E-state index in [1.165, 1.54) is 6.26 Å². The van der Waals surface area contributed by atoms with Gasteiger partial charge in [0, 0.05) is 11.1 Å². The third kappa shape index (κ3) is 5.67. The molecule has 1 aromatic heterocycles. The predicted octanol–water partition coefficient (Wildman–Crippen LogP) is 7.81. The molecule has 0 aliphatic carbocycles. The number of carbonyl (C=O) groups is 1. The number of para-hydroxylation sites is 1. The van der Waals surface area contributed by atoms with Crippen LogP contribution in [0.5, 0.6) is 11.5 Å². The Hall–Kier alpha value is -3.57. The van der Waals surface area contributed by atoms with Crippen LogP contribution >= 0.6 is 11.6 Å². The minimum Gasteiger partial charge on any atom is -0.463 e. The first-order valence-corrected chi connectivity index (χ1v) is 11.7. The van der Waals surface area contributed by atoms with E-state index in [0.29, 0.717) is 39.5 Å². The summed E-state index contributed by atoms with van der Waals surface area (Å²) in [5, 5.41) is 1.02. The molecule has 0 fully saturated rings. The van der Waals surface area contributed by atoms with Crippen LogP contribution < -0.4 is 14.9 Å². The monoisotopic (exact) mass is 476 g/mol. The molecule has 0 radical (unpaired) electrons. The second-order valence-electron chi connectivity index (χ2n) is 8.02. The Morgan fingerprint density at radius 1 is 0.941 bits per heavy atom. The zero-order chi connectivity index (χ0) is 23.9. The lowest BCUT2D eigenvalue weighted by atomic mass is 10.0. The van der Waals surface area contributed by atoms with Crippen molar-refractivity contribution < 1.29 is 18.7 Å². The van der Waals surface area contributed by atoms with E-state index in [1.807, 2.05) is 6.07 Å². The highest BCUT2D eigenvalue weighted by Gasteiger charge is 2.17. The van der Waals surface area contributed by atoms with Crippen LogP contribution in [0.3, 0.4) is 0 Å². The molecule has 1 heterocycles. The molecule has 0 amide bonds. The van der Waals surface area contributed by atoms with Gasteiger partial charge in [0.2, 0.25) is 5.43 Å². The molecule has 34 heavy (non-hydrogen) atoms. The van der Waals surface area contributed by atoms with E-state index in [-0.39, 0.29) is 5.43 Å². The highest BCUT2D eigenvalue weighted by molar-refractivity contribution is 6.30. The van der Waals surface area contributed by atoms with Gasteiger partial charge in [0.1, 0.15) is 23.3 Å². The molecule has 0 aliphatic rings. The molecule has 0 atom stereocenters. The Labute approximate surface area is 202 Å². The second kappa shape index (κ2) is 11.0. The van der Waals surface area contributed by atoms with E-state index in [9.17, 15) is 9.59 Å². The highest BCUT2D eigenvalue weighted by atomic mass is 35.5. The quantitative estimate of drug-likeness (QED) is 0.147. The molecule has 0 N–H and O–H groups in total. The highest BCUT2D eigenvalue weighted by Crippen LogP contribution is 2.29. The van der Waals surface area contributed by atoms with Crippen LogP contribution in [-0.2, 0) is 6.42 Å². The lowest BCUT2D eigenvalue weighted by Gasteiger charge is -2.12. The second-order valence-corrected chi connectivity index (χ2v) is 8.46. The van der Waals surface area contributed by atoms with E-state index < -0.39 is 6.16 Å². The maximum Gasteiger partial charge on any atom is 0.519 e. The molecule has 4 aromatic rings. The molecule has 0 saturated heterocycles. The van der Waals surface area contributed by atoms with Crippen LogP contribution in [0.15, 0.2) is 82.2 Å². The molecule has 0 saturated carbocycles. The summed E-state index contributed by atoms with van der Waals surface area (Å²) < 4.78 is 16.6. The summed E-state index contributed by atoms with van der Waals surface area (Å²) in [6.07, 6.45) is 5.41. The standard InChI is InChI=1S/C28H25ClO5/c1-2-3-4-6-9-20-16-23-26(17-25(20)34-28(31)33-22-10-7-5-8-11-22)32-18-24(27(23)30)19-12-14-21(29)15-13-19/h5,7-8,10-18H,2-4,6,9H2,1H3. The van der Waals surface area contributed by atoms with Crippen molar-refractivity contribution in [3.8, 4) is 22.6 Å². The summed E-state index contributed by atoms with van der Waals surface area (Å²) in [5.74, 6) is 0.712. The minimum absolute atomic E-state index is 0.156. The van der Waals surface area contributed by atoms with Crippen molar-refractivity contribution in [1.82, 2.24) is 0 Å². The molecule has 174 valence electrons. The van der Waals surface area contributed by atoms with Gasteiger partial charge in [-0.25, -0.2) is 4.79 Å². The molecule has 4 rings (SSSR count). The SMILES string of the molecule is CCCCCCc1cc2c(=O)c(-c3ccc(Cl)cc3)coc2cc1OC(=O)Oc1ccccc1. The van der Waals surface area contributed by atoms with Crippen molar-refractivity contribution >= 4 is 28.7 Å². The van der Waals surface area contributed by atoms with E-state index in [4.69, 9.17) is 25.5 Å². The first-order chi connectivity index (χ1) is 16.5. The zero-order valence-electron chi connectivity index (χ0n) is 18.9. The van der Waals surface area contributed by atoms with Crippen molar-refractivity contribution in [2.24, 2.45) is 0 Å². The van der Waals surface area contributed by atoms with E-state index in [0.717, 1.165) is 36.8 Å². The average Bonchev–Trinajstić information content (AvgIpc) is 2.84. The van der Waals surface area contributed by atoms with Gasteiger partial charge in [0.25, 0.3) is 0 Å². The van der Waals surface area contributed by atoms with Crippen molar-refractivity contribution in [3.63, 3.8) is 0 Å². The summed E-state index contributed by atoms with van der Waals surface area (Å²) in [7, 11) is 0. The van der Waals surface area contributed by atoms with Gasteiger partial charge in [-0.2, -0.15) is 0 Å². The number of rotatable bonds is 8. The normalized spacial score (nSPS) is 10.9. The third-order valence-corrected chi connectivity index (χ3v) is 5.80. The number of fused-ring (bicyclic) bond motifs is 1. The minimum atomic E-state index is -0.847. The summed E-state index contributed by atoms with van der Waals surface area (Å²) in [4.78, 5) is 25.7. The van der Waals surface area contributed by atoms with Crippen molar-refractivity contribution in [3.05, 3.63) is 93.8 Å². The lowest BCUT2D eigenvalue weighted by Crippen LogP contribution is -2.15. The molecular weight excluding hydrogens is 452 g/mol. The Kier molecular flexibility index (Phi) is 7.65. The number of carbonyl (C=O) groups excluding carboxylic acids is 1. The van der Waals surface area contributed by atoms with Crippen molar-refractivity contribution in [1.29, 1.82) is 0 Å². The average molecular weight is 477 g/mol.